The van der Waals surface area contributed by atoms with Crippen LogP contribution in [-0.4, -0.2) is 20.9 Å². The van der Waals surface area contributed by atoms with Crippen LogP contribution in [0.1, 0.15) is 22.4 Å². The highest BCUT2D eigenvalue weighted by Crippen LogP contribution is 2.27. The van der Waals surface area contributed by atoms with Crippen LogP contribution < -0.4 is 5.32 Å². The highest BCUT2D eigenvalue weighted by atomic mass is 35.5. The molecule has 6 nitrogen and oxygen atoms in total. The van der Waals surface area contributed by atoms with Crippen molar-refractivity contribution in [1.29, 1.82) is 0 Å². The van der Waals surface area contributed by atoms with Crippen LogP contribution in [0.2, 0.25) is 5.28 Å². The summed E-state index contributed by atoms with van der Waals surface area (Å²) in [6.45, 7) is 5.54. The topological polar surface area (TPSA) is 81.0 Å². The SMILES string of the molecule is Cc1ccc(CC(C)Nc2nc(Cl)nc(C)c2[N+](=O)[O-])s1. The number of anilines is 1. The van der Waals surface area contributed by atoms with Crippen molar-refractivity contribution in [3.8, 4) is 0 Å². The fourth-order valence-corrected chi connectivity index (χ4v) is 3.26. The highest BCUT2D eigenvalue weighted by molar-refractivity contribution is 7.11. The molecular weight excluding hydrogens is 312 g/mol. The van der Waals surface area contributed by atoms with E-state index in [1.54, 1.807) is 18.3 Å². The van der Waals surface area contributed by atoms with Gasteiger partial charge in [0.1, 0.15) is 5.69 Å². The average Bonchev–Trinajstić information content (AvgIpc) is 2.72. The number of hydrogen-bond donors (Lipinski definition) is 1. The van der Waals surface area contributed by atoms with Crippen LogP contribution in [0.5, 0.6) is 0 Å². The van der Waals surface area contributed by atoms with Gasteiger partial charge < -0.3 is 5.32 Å². The van der Waals surface area contributed by atoms with E-state index in [1.807, 2.05) is 13.8 Å². The Labute approximate surface area is 131 Å². The Bertz CT molecular complexity index is 674. The molecule has 0 saturated carbocycles. The van der Waals surface area contributed by atoms with E-state index in [0.717, 1.165) is 6.42 Å². The van der Waals surface area contributed by atoms with Crippen molar-refractivity contribution < 1.29 is 4.92 Å². The molecule has 0 saturated heterocycles. The van der Waals surface area contributed by atoms with Crippen molar-refractivity contribution in [2.45, 2.75) is 33.2 Å². The predicted molar refractivity (Wildman–Crippen MR) is 84.3 cm³/mol. The quantitative estimate of drug-likeness (QED) is 0.514. The second kappa shape index (κ2) is 6.36. The van der Waals surface area contributed by atoms with Gasteiger partial charge in [0.15, 0.2) is 0 Å². The van der Waals surface area contributed by atoms with Gasteiger partial charge in [0.05, 0.1) is 4.92 Å². The monoisotopic (exact) mass is 326 g/mol. The molecular formula is C13H15ClN4O2S. The summed E-state index contributed by atoms with van der Waals surface area (Å²) < 4.78 is 0. The largest absolute Gasteiger partial charge is 0.361 e. The van der Waals surface area contributed by atoms with E-state index in [-0.39, 0.29) is 28.5 Å². The van der Waals surface area contributed by atoms with Gasteiger partial charge in [-0.1, -0.05) is 0 Å². The Kier molecular flexibility index (Phi) is 4.74. The summed E-state index contributed by atoms with van der Waals surface area (Å²) in [4.78, 5) is 20.9. The first-order valence-corrected chi connectivity index (χ1v) is 7.56. The molecule has 2 aromatic rings. The van der Waals surface area contributed by atoms with Crippen LogP contribution in [-0.2, 0) is 6.42 Å². The fourth-order valence-electron chi connectivity index (χ4n) is 2.03. The van der Waals surface area contributed by atoms with Crippen molar-refractivity contribution in [1.82, 2.24) is 9.97 Å². The molecule has 1 unspecified atom stereocenters. The molecule has 0 aliphatic carbocycles. The highest BCUT2D eigenvalue weighted by Gasteiger charge is 2.23. The smallest absolute Gasteiger partial charge is 0.332 e. The molecule has 1 atom stereocenters. The molecule has 2 aromatic heterocycles. The molecule has 0 radical (unpaired) electrons. The first kappa shape index (κ1) is 15.7. The van der Waals surface area contributed by atoms with Gasteiger partial charge in [0, 0.05) is 22.2 Å². The normalized spacial score (nSPS) is 12.2. The van der Waals surface area contributed by atoms with E-state index < -0.39 is 4.92 Å². The standard InChI is InChI=1S/C13H15ClN4O2S/c1-7(6-10-5-4-8(2)21-10)15-12-11(18(19)20)9(3)16-13(14)17-12/h4-5,7H,6H2,1-3H3,(H,15,16,17). The lowest BCUT2D eigenvalue weighted by molar-refractivity contribution is -0.385. The Hall–Kier alpha value is -1.73. The zero-order chi connectivity index (χ0) is 15.6. The number of thiophene rings is 1. The summed E-state index contributed by atoms with van der Waals surface area (Å²) in [7, 11) is 0. The van der Waals surface area contributed by atoms with Crippen molar-refractivity contribution in [2.75, 3.05) is 5.32 Å². The van der Waals surface area contributed by atoms with Gasteiger partial charge in [-0.25, -0.2) is 4.98 Å². The maximum atomic E-state index is 11.1. The molecule has 1 N–H and O–H groups in total. The minimum atomic E-state index is -0.490. The molecule has 0 fully saturated rings. The number of nitrogens with one attached hydrogen (secondary N) is 1. The minimum absolute atomic E-state index is 0.000215. The maximum Gasteiger partial charge on any atom is 0.332 e. The van der Waals surface area contributed by atoms with Gasteiger partial charge in [0.25, 0.3) is 0 Å². The van der Waals surface area contributed by atoms with Gasteiger partial charge in [0.2, 0.25) is 11.1 Å². The molecule has 0 amide bonds. The molecule has 0 aromatic carbocycles. The van der Waals surface area contributed by atoms with E-state index in [4.69, 9.17) is 11.6 Å². The number of nitrogens with zero attached hydrogens (tertiary/aromatic N) is 3. The van der Waals surface area contributed by atoms with E-state index >= 15 is 0 Å². The summed E-state index contributed by atoms with van der Waals surface area (Å²) in [5.41, 5.74) is 0.121. The predicted octanol–water partition coefficient (Wildman–Crippen LogP) is 3.76. The second-order valence-electron chi connectivity index (χ2n) is 4.79. The summed E-state index contributed by atoms with van der Waals surface area (Å²) in [5.74, 6) is 0.165. The molecule has 0 spiro atoms. The van der Waals surface area contributed by atoms with Crippen LogP contribution >= 0.6 is 22.9 Å². The Morgan fingerprint density at radius 1 is 1.43 bits per heavy atom. The third-order valence-electron chi connectivity index (χ3n) is 2.90. The van der Waals surface area contributed by atoms with Crippen molar-refractivity contribution in [3.63, 3.8) is 0 Å². The van der Waals surface area contributed by atoms with Gasteiger partial charge in [-0.3, -0.25) is 10.1 Å². The van der Waals surface area contributed by atoms with Crippen LogP contribution in [0, 0.1) is 24.0 Å². The molecule has 8 heteroatoms. The lowest BCUT2D eigenvalue weighted by Crippen LogP contribution is -2.20. The number of aromatic nitrogens is 2. The fraction of sp³-hybridized carbons (Fsp3) is 0.385. The molecule has 112 valence electrons. The van der Waals surface area contributed by atoms with Gasteiger partial charge >= 0.3 is 5.69 Å². The van der Waals surface area contributed by atoms with E-state index in [0.29, 0.717) is 0 Å². The summed E-state index contributed by atoms with van der Waals surface area (Å²) >= 11 is 7.50. The van der Waals surface area contributed by atoms with Gasteiger partial charge in [-0.15, -0.1) is 11.3 Å². The third-order valence-corrected chi connectivity index (χ3v) is 4.09. The third kappa shape index (κ3) is 3.89. The van der Waals surface area contributed by atoms with Gasteiger partial charge in [-0.05, 0) is 44.5 Å². The Morgan fingerprint density at radius 3 is 2.71 bits per heavy atom. The van der Waals surface area contributed by atoms with Crippen molar-refractivity contribution in [3.05, 3.63) is 43.0 Å². The second-order valence-corrected chi connectivity index (χ2v) is 6.50. The lowest BCUT2D eigenvalue weighted by Gasteiger charge is -2.14. The Balaban J connectivity index is 2.20. The summed E-state index contributed by atoms with van der Waals surface area (Å²) in [5, 5.41) is 14.2. The van der Waals surface area contributed by atoms with Crippen LogP contribution in [0.25, 0.3) is 0 Å². The van der Waals surface area contributed by atoms with E-state index in [2.05, 4.69) is 27.4 Å². The molecule has 2 heterocycles. The number of nitro groups is 1. The molecule has 21 heavy (non-hydrogen) atoms. The minimum Gasteiger partial charge on any atom is -0.361 e. The Morgan fingerprint density at radius 2 is 2.14 bits per heavy atom. The van der Waals surface area contributed by atoms with E-state index in [9.17, 15) is 10.1 Å². The van der Waals surface area contributed by atoms with Crippen LogP contribution in [0.4, 0.5) is 11.5 Å². The number of aryl methyl sites for hydroxylation is 2. The number of halogens is 1. The summed E-state index contributed by atoms with van der Waals surface area (Å²) in [6.07, 6.45) is 0.760. The first-order chi connectivity index (χ1) is 9.86. The molecule has 0 aliphatic heterocycles. The maximum absolute atomic E-state index is 11.1. The lowest BCUT2D eigenvalue weighted by atomic mass is 10.2. The first-order valence-electron chi connectivity index (χ1n) is 6.37. The average molecular weight is 327 g/mol. The van der Waals surface area contributed by atoms with Crippen molar-refractivity contribution >= 4 is 34.4 Å². The zero-order valence-corrected chi connectivity index (χ0v) is 13.5. The number of hydrogen-bond acceptors (Lipinski definition) is 6. The van der Waals surface area contributed by atoms with Crippen LogP contribution in [0.3, 0.4) is 0 Å². The molecule has 0 bridgehead atoms. The summed E-state index contributed by atoms with van der Waals surface area (Å²) in [6, 6.07) is 4.11. The van der Waals surface area contributed by atoms with Gasteiger partial charge in [-0.2, -0.15) is 4.98 Å². The van der Waals surface area contributed by atoms with E-state index in [1.165, 1.54) is 9.75 Å². The zero-order valence-electron chi connectivity index (χ0n) is 11.9. The molecule has 0 aliphatic rings. The molecule has 2 rings (SSSR count). The van der Waals surface area contributed by atoms with Crippen LogP contribution in [0.15, 0.2) is 12.1 Å². The van der Waals surface area contributed by atoms with Crippen molar-refractivity contribution in [2.24, 2.45) is 0 Å². The number of rotatable bonds is 5.